The number of nitriles is 1. The van der Waals surface area contributed by atoms with Crippen LogP contribution in [0.4, 0.5) is 0 Å². The number of nitrogens with zero attached hydrogens (tertiary/aromatic N) is 1. The number of carbonyl (C=O) groups is 1. The maximum absolute atomic E-state index is 12.4. The lowest BCUT2D eigenvalue weighted by Gasteiger charge is -2.29. The Kier molecular flexibility index (Phi) is 6.25. The molecule has 1 amide bonds. The molecule has 0 aliphatic heterocycles. The topological polar surface area (TPSA) is 73.1 Å². The van der Waals surface area contributed by atoms with E-state index in [0.717, 1.165) is 19.3 Å². The summed E-state index contributed by atoms with van der Waals surface area (Å²) < 4.78 is 0.994. The molecule has 1 fully saturated rings. The summed E-state index contributed by atoms with van der Waals surface area (Å²) in [4.78, 5) is 12.4. The van der Waals surface area contributed by atoms with Crippen molar-refractivity contribution < 1.29 is 9.90 Å². The Bertz CT molecular complexity index is 657. The van der Waals surface area contributed by atoms with Crippen molar-refractivity contribution in [1.29, 1.82) is 5.26 Å². The number of hydrogen-bond acceptors (Lipinski definition) is 3. The summed E-state index contributed by atoms with van der Waals surface area (Å²) >= 11 is 6.48. The Balaban J connectivity index is 2.18. The molecule has 122 valence electrons. The van der Waals surface area contributed by atoms with Crippen LogP contribution in [0.1, 0.15) is 38.2 Å². The maximum atomic E-state index is 12.4. The van der Waals surface area contributed by atoms with E-state index in [2.05, 4.69) is 44.1 Å². The molecule has 0 bridgehead atoms. The van der Waals surface area contributed by atoms with E-state index in [0.29, 0.717) is 20.4 Å². The molecule has 0 unspecified atom stereocenters. The largest absolute Gasteiger partial charge is 0.506 e. The van der Waals surface area contributed by atoms with Crippen LogP contribution < -0.4 is 5.32 Å². The second-order valence-corrected chi connectivity index (χ2v) is 7.55. The minimum atomic E-state index is -0.341. The van der Waals surface area contributed by atoms with Gasteiger partial charge in [-0.25, -0.2) is 0 Å². The fraction of sp³-hybridized carbons (Fsp3) is 0.412. The predicted molar refractivity (Wildman–Crippen MR) is 96.7 cm³/mol. The van der Waals surface area contributed by atoms with Gasteiger partial charge in [-0.3, -0.25) is 4.79 Å². The predicted octanol–water partition coefficient (Wildman–Crippen LogP) is 4.52. The summed E-state index contributed by atoms with van der Waals surface area (Å²) in [6.07, 6.45) is 5.90. The van der Waals surface area contributed by atoms with Crippen molar-refractivity contribution in [3.05, 3.63) is 32.2 Å². The Hall–Kier alpha value is -1.32. The van der Waals surface area contributed by atoms with E-state index in [-0.39, 0.29) is 23.3 Å². The van der Waals surface area contributed by atoms with Gasteiger partial charge in [-0.15, -0.1) is 0 Å². The van der Waals surface area contributed by atoms with Crippen LogP contribution in [0.2, 0.25) is 0 Å². The summed E-state index contributed by atoms with van der Waals surface area (Å²) in [5, 5.41) is 22.0. The fourth-order valence-electron chi connectivity index (χ4n) is 2.76. The quantitative estimate of drug-likeness (QED) is 0.534. The van der Waals surface area contributed by atoms with Crippen LogP contribution in [0, 0.1) is 17.2 Å². The van der Waals surface area contributed by atoms with Crippen molar-refractivity contribution in [2.75, 3.05) is 0 Å². The maximum Gasteiger partial charge on any atom is 0.262 e. The highest BCUT2D eigenvalue weighted by Crippen LogP contribution is 2.34. The van der Waals surface area contributed by atoms with Gasteiger partial charge in [-0.2, -0.15) is 5.26 Å². The summed E-state index contributed by atoms with van der Waals surface area (Å²) in [5.41, 5.74) is 0.720. The Morgan fingerprint density at radius 2 is 1.96 bits per heavy atom. The first-order chi connectivity index (χ1) is 10.9. The first kappa shape index (κ1) is 18.0. The Labute approximate surface area is 152 Å². The molecule has 0 spiro atoms. The van der Waals surface area contributed by atoms with Crippen molar-refractivity contribution >= 4 is 43.8 Å². The molecule has 2 N–H and O–H groups in total. The zero-order valence-electron chi connectivity index (χ0n) is 12.8. The van der Waals surface area contributed by atoms with Gasteiger partial charge in [-0.05, 0) is 74.4 Å². The van der Waals surface area contributed by atoms with E-state index in [1.807, 2.05) is 6.07 Å². The van der Waals surface area contributed by atoms with E-state index in [1.165, 1.54) is 12.5 Å². The van der Waals surface area contributed by atoms with Crippen LogP contribution in [0.25, 0.3) is 6.08 Å². The smallest absolute Gasteiger partial charge is 0.262 e. The van der Waals surface area contributed by atoms with E-state index < -0.39 is 0 Å². The third-order valence-electron chi connectivity index (χ3n) is 4.14. The van der Waals surface area contributed by atoms with Gasteiger partial charge in [0.1, 0.15) is 17.4 Å². The van der Waals surface area contributed by atoms with Crippen LogP contribution in [0.15, 0.2) is 26.7 Å². The molecule has 1 aromatic carbocycles. The molecule has 2 atom stereocenters. The van der Waals surface area contributed by atoms with E-state index in [4.69, 9.17) is 0 Å². The average Bonchev–Trinajstić information content (AvgIpc) is 2.52. The van der Waals surface area contributed by atoms with Gasteiger partial charge in [0.2, 0.25) is 0 Å². The van der Waals surface area contributed by atoms with Crippen molar-refractivity contribution in [2.24, 2.45) is 5.92 Å². The number of phenols is 1. The molecule has 0 aromatic heterocycles. The normalized spacial score (nSPS) is 21.6. The number of phenolic OH excluding ortho intramolecular Hbond substituents is 1. The highest BCUT2D eigenvalue weighted by molar-refractivity contribution is 9.11. The van der Waals surface area contributed by atoms with Crippen LogP contribution >= 0.6 is 31.9 Å². The molecular formula is C17H18Br2N2O2. The molecule has 23 heavy (non-hydrogen) atoms. The third-order valence-corrected chi connectivity index (χ3v) is 5.35. The minimum absolute atomic E-state index is 0.0623. The lowest BCUT2D eigenvalue weighted by Crippen LogP contribution is -2.41. The molecular weight excluding hydrogens is 424 g/mol. The second-order valence-electron chi connectivity index (χ2n) is 5.84. The summed E-state index contributed by atoms with van der Waals surface area (Å²) in [7, 11) is 0. The molecule has 1 aromatic rings. The van der Waals surface area contributed by atoms with Crippen molar-refractivity contribution in [3.63, 3.8) is 0 Å². The van der Waals surface area contributed by atoms with Gasteiger partial charge in [0.25, 0.3) is 5.91 Å². The van der Waals surface area contributed by atoms with E-state index in [1.54, 1.807) is 12.1 Å². The highest BCUT2D eigenvalue weighted by Gasteiger charge is 2.24. The molecule has 1 aliphatic rings. The zero-order valence-corrected chi connectivity index (χ0v) is 15.9. The number of halogens is 2. The van der Waals surface area contributed by atoms with Gasteiger partial charge in [-0.1, -0.05) is 19.8 Å². The second kappa shape index (κ2) is 7.98. The van der Waals surface area contributed by atoms with Gasteiger partial charge in [0.15, 0.2) is 0 Å². The van der Waals surface area contributed by atoms with Gasteiger partial charge in [0.05, 0.1) is 8.95 Å². The number of nitrogens with one attached hydrogen (secondary N) is 1. The standard InChI is InChI=1S/C17H18Br2N2O2/c1-10-4-2-3-5-15(10)21-17(23)12(9-20)6-11-7-13(18)16(22)14(19)8-11/h6-8,10,15,22H,2-5H2,1H3,(H,21,23)/b12-6+/t10-,15-/m1/s1. The lowest BCUT2D eigenvalue weighted by molar-refractivity contribution is -0.118. The molecule has 0 saturated heterocycles. The highest BCUT2D eigenvalue weighted by atomic mass is 79.9. The molecule has 0 heterocycles. The average molecular weight is 442 g/mol. The number of hydrogen-bond donors (Lipinski definition) is 2. The number of carbonyl (C=O) groups excluding carboxylic acids is 1. The van der Waals surface area contributed by atoms with Gasteiger partial charge >= 0.3 is 0 Å². The van der Waals surface area contributed by atoms with Crippen LogP contribution in [0.5, 0.6) is 5.75 Å². The van der Waals surface area contributed by atoms with Crippen LogP contribution in [-0.2, 0) is 4.79 Å². The van der Waals surface area contributed by atoms with Crippen molar-refractivity contribution in [1.82, 2.24) is 5.32 Å². The van der Waals surface area contributed by atoms with Gasteiger partial charge in [0, 0.05) is 6.04 Å². The van der Waals surface area contributed by atoms with E-state index >= 15 is 0 Å². The number of amides is 1. The Morgan fingerprint density at radius 3 is 2.52 bits per heavy atom. The molecule has 0 radical (unpaired) electrons. The molecule has 6 heteroatoms. The van der Waals surface area contributed by atoms with Crippen LogP contribution in [0.3, 0.4) is 0 Å². The summed E-state index contributed by atoms with van der Waals surface area (Å²) in [5.74, 6) is 0.178. The number of aromatic hydroxyl groups is 1. The third kappa shape index (κ3) is 4.58. The fourth-order valence-corrected chi connectivity index (χ4v) is 3.98. The number of benzene rings is 1. The SMILES string of the molecule is C[C@@H]1CCCC[C@H]1NC(=O)/C(C#N)=C/c1cc(Br)c(O)c(Br)c1. The van der Waals surface area contributed by atoms with E-state index in [9.17, 15) is 15.2 Å². The monoisotopic (exact) mass is 440 g/mol. The molecule has 1 saturated carbocycles. The zero-order chi connectivity index (χ0) is 17.0. The van der Waals surface area contributed by atoms with Crippen molar-refractivity contribution in [2.45, 2.75) is 38.6 Å². The lowest BCUT2D eigenvalue weighted by atomic mass is 9.86. The minimum Gasteiger partial charge on any atom is -0.506 e. The Morgan fingerprint density at radius 1 is 1.35 bits per heavy atom. The number of rotatable bonds is 3. The van der Waals surface area contributed by atoms with Crippen LogP contribution in [-0.4, -0.2) is 17.1 Å². The van der Waals surface area contributed by atoms with Gasteiger partial charge < -0.3 is 10.4 Å². The molecule has 1 aliphatic carbocycles. The molecule has 2 rings (SSSR count). The summed E-state index contributed by atoms with van der Waals surface area (Å²) in [6.45, 7) is 2.13. The molecule has 4 nitrogen and oxygen atoms in total. The first-order valence-corrected chi connectivity index (χ1v) is 9.11. The van der Waals surface area contributed by atoms with Crippen molar-refractivity contribution in [3.8, 4) is 11.8 Å². The first-order valence-electron chi connectivity index (χ1n) is 7.53. The summed E-state index contributed by atoms with van der Waals surface area (Å²) in [6, 6.07) is 5.42.